The number of amides is 1. The van der Waals surface area contributed by atoms with E-state index in [0.717, 1.165) is 32.2 Å². The van der Waals surface area contributed by atoms with Gasteiger partial charge in [0.25, 0.3) is 11.5 Å². The van der Waals surface area contributed by atoms with E-state index in [-0.39, 0.29) is 23.3 Å². The molecule has 1 N–H and O–H groups in total. The highest BCUT2D eigenvalue weighted by Crippen LogP contribution is 2.22. The lowest BCUT2D eigenvalue weighted by molar-refractivity contribution is 0.0593. The minimum atomic E-state index is -0.434. The number of piperidine rings is 1. The largest absolute Gasteiger partial charge is 0.337 e. The standard InChI is InChI=1S/C19H24N4O3/c1-13-16(14(2)24)11-17(18(25)21-13)19(26)23-8-4-3-5-15(23)6-9-22-10-7-20-12-22/h7,10-12,15H,3-6,8-9H2,1-2H3,(H,21,25). The molecule has 3 rings (SSSR count). The second-order valence-corrected chi connectivity index (χ2v) is 6.84. The molecule has 1 atom stereocenters. The van der Waals surface area contributed by atoms with E-state index >= 15 is 0 Å². The predicted octanol–water partition coefficient (Wildman–Crippen LogP) is 2.17. The molecule has 1 fully saturated rings. The van der Waals surface area contributed by atoms with Crippen molar-refractivity contribution in [2.24, 2.45) is 0 Å². The fourth-order valence-electron chi connectivity index (χ4n) is 3.59. The van der Waals surface area contributed by atoms with Crippen LogP contribution in [0.1, 0.15) is 59.0 Å². The van der Waals surface area contributed by atoms with Gasteiger partial charge in [-0.2, -0.15) is 0 Å². The molecule has 0 radical (unpaired) electrons. The van der Waals surface area contributed by atoms with Gasteiger partial charge in [-0.15, -0.1) is 0 Å². The lowest BCUT2D eigenvalue weighted by Crippen LogP contribution is -2.45. The topological polar surface area (TPSA) is 88.1 Å². The quantitative estimate of drug-likeness (QED) is 0.832. The normalized spacial score (nSPS) is 17.3. The molecule has 1 aliphatic rings. The van der Waals surface area contributed by atoms with Crippen LogP contribution in [-0.4, -0.2) is 43.7 Å². The number of aryl methyl sites for hydroxylation is 2. The number of hydrogen-bond acceptors (Lipinski definition) is 4. The average Bonchev–Trinajstić information content (AvgIpc) is 3.13. The van der Waals surface area contributed by atoms with Crippen molar-refractivity contribution in [2.75, 3.05) is 6.54 Å². The number of pyridine rings is 1. The van der Waals surface area contributed by atoms with Gasteiger partial charge in [-0.1, -0.05) is 0 Å². The molecule has 7 heteroatoms. The molecule has 0 aromatic carbocycles. The van der Waals surface area contributed by atoms with Gasteiger partial charge in [0.15, 0.2) is 5.78 Å². The number of ketones is 1. The summed E-state index contributed by atoms with van der Waals surface area (Å²) in [6.45, 7) is 4.51. The second-order valence-electron chi connectivity index (χ2n) is 6.84. The molecule has 0 saturated carbocycles. The second kappa shape index (κ2) is 7.68. The summed E-state index contributed by atoms with van der Waals surface area (Å²) in [5.74, 6) is -0.452. The molecular weight excluding hydrogens is 332 g/mol. The monoisotopic (exact) mass is 356 g/mol. The molecule has 0 bridgehead atoms. The van der Waals surface area contributed by atoms with Gasteiger partial charge in [-0.05, 0) is 45.6 Å². The third-order valence-corrected chi connectivity index (χ3v) is 5.02. The number of hydrogen-bond donors (Lipinski definition) is 1. The Kier molecular flexibility index (Phi) is 5.35. The lowest BCUT2D eigenvalue weighted by atomic mass is 9.97. The first-order valence-corrected chi connectivity index (χ1v) is 8.99. The maximum absolute atomic E-state index is 13.1. The zero-order valence-corrected chi connectivity index (χ0v) is 15.2. The highest BCUT2D eigenvalue weighted by molar-refractivity contribution is 6.00. The summed E-state index contributed by atoms with van der Waals surface area (Å²) in [7, 11) is 0. The van der Waals surface area contributed by atoms with E-state index in [1.54, 1.807) is 24.3 Å². The average molecular weight is 356 g/mol. The van der Waals surface area contributed by atoms with Crippen molar-refractivity contribution in [1.82, 2.24) is 19.4 Å². The van der Waals surface area contributed by atoms with Crippen molar-refractivity contribution in [2.45, 2.75) is 52.1 Å². The van der Waals surface area contributed by atoms with Gasteiger partial charge in [0.05, 0.1) is 6.33 Å². The summed E-state index contributed by atoms with van der Waals surface area (Å²) in [5, 5.41) is 0. The minimum absolute atomic E-state index is 0.0512. The zero-order valence-electron chi connectivity index (χ0n) is 15.2. The molecule has 138 valence electrons. The molecule has 2 aromatic rings. The van der Waals surface area contributed by atoms with E-state index in [1.807, 2.05) is 10.8 Å². The molecule has 0 spiro atoms. The highest BCUT2D eigenvalue weighted by Gasteiger charge is 2.29. The molecule has 26 heavy (non-hydrogen) atoms. The zero-order chi connectivity index (χ0) is 18.7. The van der Waals surface area contributed by atoms with Crippen LogP contribution >= 0.6 is 0 Å². The Morgan fingerprint density at radius 3 is 2.81 bits per heavy atom. The van der Waals surface area contributed by atoms with Gasteiger partial charge in [-0.25, -0.2) is 4.98 Å². The molecule has 1 aliphatic heterocycles. The lowest BCUT2D eigenvalue weighted by Gasteiger charge is -2.36. The molecule has 0 aliphatic carbocycles. The third-order valence-electron chi connectivity index (χ3n) is 5.02. The van der Waals surface area contributed by atoms with Gasteiger partial charge in [0.1, 0.15) is 5.56 Å². The predicted molar refractivity (Wildman–Crippen MR) is 97.3 cm³/mol. The minimum Gasteiger partial charge on any atom is -0.337 e. The van der Waals surface area contributed by atoms with Gasteiger partial charge in [-0.3, -0.25) is 14.4 Å². The van der Waals surface area contributed by atoms with E-state index in [9.17, 15) is 14.4 Å². The van der Waals surface area contributed by atoms with Crippen LogP contribution in [0.2, 0.25) is 0 Å². The van der Waals surface area contributed by atoms with Crippen LogP contribution in [-0.2, 0) is 6.54 Å². The summed E-state index contributed by atoms with van der Waals surface area (Å²) in [4.78, 5) is 45.6. The third kappa shape index (κ3) is 3.76. The maximum atomic E-state index is 13.1. The van der Waals surface area contributed by atoms with E-state index < -0.39 is 5.56 Å². The van der Waals surface area contributed by atoms with E-state index in [2.05, 4.69) is 9.97 Å². The first-order valence-electron chi connectivity index (χ1n) is 8.99. The molecule has 2 aromatic heterocycles. The van der Waals surface area contributed by atoms with E-state index in [0.29, 0.717) is 17.8 Å². The Bertz CT molecular complexity index is 854. The Balaban J connectivity index is 1.83. The molecule has 1 amide bonds. The summed E-state index contributed by atoms with van der Waals surface area (Å²) in [6.07, 6.45) is 9.13. The fourth-order valence-corrected chi connectivity index (χ4v) is 3.59. The molecular formula is C19H24N4O3. The fraction of sp³-hybridized carbons (Fsp3) is 0.474. The van der Waals surface area contributed by atoms with Crippen LogP contribution in [0.5, 0.6) is 0 Å². The summed E-state index contributed by atoms with van der Waals surface area (Å²) < 4.78 is 1.99. The van der Waals surface area contributed by atoms with Crippen LogP contribution in [0.4, 0.5) is 0 Å². The first-order chi connectivity index (χ1) is 12.5. The van der Waals surface area contributed by atoms with Gasteiger partial charge >= 0.3 is 0 Å². The maximum Gasteiger partial charge on any atom is 0.261 e. The Morgan fingerprint density at radius 2 is 2.12 bits per heavy atom. The smallest absolute Gasteiger partial charge is 0.261 e. The van der Waals surface area contributed by atoms with Crippen LogP contribution in [0, 0.1) is 6.92 Å². The Hall–Kier alpha value is -2.70. The van der Waals surface area contributed by atoms with Crippen LogP contribution in [0.15, 0.2) is 29.6 Å². The number of carbonyl (C=O) groups is 2. The number of rotatable bonds is 5. The number of nitrogens with zero attached hydrogens (tertiary/aromatic N) is 3. The molecule has 1 saturated heterocycles. The summed E-state index contributed by atoms with van der Waals surface area (Å²) in [6, 6.07) is 1.53. The van der Waals surface area contributed by atoms with Crippen molar-refractivity contribution in [3.05, 3.63) is 52.0 Å². The first kappa shape index (κ1) is 18.1. The Morgan fingerprint density at radius 1 is 1.31 bits per heavy atom. The van der Waals surface area contributed by atoms with Crippen molar-refractivity contribution in [3.8, 4) is 0 Å². The number of imidazole rings is 1. The van der Waals surface area contributed by atoms with Crippen LogP contribution in [0.3, 0.4) is 0 Å². The van der Waals surface area contributed by atoms with Crippen molar-refractivity contribution in [3.63, 3.8) is 0 Å². The van der Waals surface area contributed by atoms with Crippen LogP contribution in [0.25, 0.3) is 0 Å². The number of H-pyrrole nitrogens is 1. The van der Waals surface area contributed by atoms with Gasteiger partial charge < -0.3 is 14.5 Å². The number of carbonyl (C=O) groups excluding carboxylic acids is 2. The van der Waals surface area contributed by atoms with E-state index in [4.69, 9.17) is 0 Å². The number of nitrogens with one attached hydrogen (secondary N) is 1. The molecule has 3 heterocycles. The summed E-state index contributed by atoms with van der Waals surface area (Å²) >= 11 is 0. The van der Waals surface area contributed by atoms with Crippen molar-refractivity contribution >= 4 is 11.7 Å². The van der Waals surface area contributed by atoms with Gasteiger partial charge in [0.2, 0.25) is 0 Å². The van der Waals surface area contributed by atoms with E-state index in [1.165, 1.54) is 13.0 Å². The number of likely N-dealkylation sites (tertiary alicyclic amines) is 1. The molecule has 1 unspecified atom stereocenters. The van der Waals surface area contributed by atoms with Crippen molar-refractivity contribution in [1.29, 1.82) is 0 Å². The molecule has 7 nitrogen and oxygen atoms in total. The van der Waals surface area contributed by atoms with Crippen LogP contribution < -0.4 is 5.56 Å². The Labute approximate surface area is 152 Å². The SMILES string of the molecule is CC(=O)c1cc(C(=O)N2CCCCC2CCn2ccnc2)c(=O)[nH]c1C. The summed E-state index contributed by atoms with van der Waals surface area (Å²) in [5.41, 5.74) is 0.501. The van der Waals surface area contributed by atoms with Crippen molar-refractivity contribution < 1.29 is 9.59 Å². The number of aromatic nitrogens is 3. The van der Waals surface area contributed by atoms with Gasteiger partial charge in [0, 0.05) is 42.8 Å². The highest BCUT2D eigenvalue weighted by atomic mass is 16.2. The number of Topliss-reactive ketones (excluding diaryl/α,β-unsaturated/α-hetero) is 1. The number of aromatic amines is 1.